The lowest BCUT2D eigenvalue weighted by Crippen LogP contribution is -2.39. The molecule has 0 bridgehead atoms. The summed E-state index contributed by atoms with van der Waals surface area (Å²) >= 11 is 5.39. The van der Waals surface area contributed by atoms with Crippen LogP contribution in [-0.4, -0.2) is 35.4 Å². The summed E-state index contributed by atoms with van der Waals surface area (Å²) in [6.45, 7) is 1.88. The normalized spacial score (nSPS) is 27.1. The predicted molar refractivity (Wildman–Crippen MR) is 78.9 cm³/mol. The molecule has 2 aliphatic rings. The van der Waals surface area contributed by atoms with E-state index in [2.05, 4.69) is 45.1 Å². The predicted octanol–water partition coefficient (Wildman–Crippen LogP) is 3.13. The van der Waals surface area contributed by atoms with Gasteiger partial charge in [0.15, 0.2) is 0 Å². The van der Waals surface area contributed by atoms with Crippen molar-refractivity contribution in [3.63, 3.8) is 0 Å². The van der Waals surface area contributed by atoms with Gasteiger partial charge in [0.05, 0.1) is 0 Å². The zero-order valence-corrected chi connectivity index (χ0v) is 12.5. The van der Waals surface area contributed by atoms with E-state index in [0.717, 1.165) is 35.5 Å². The lowest BCUT2D eigenvalue weighted by Gasteiger charge is -2.26. The maximum absolute atomic E-state index is 12.3. The highest BCUT2D eigenvalue weighted by Gasteiger charge is 2.45. The molecule has 0 radical (unpaired) electrons. The summed E-state index contributed by atoms with van der Waals surface area (Å²) in [5.41, 5.74) is 1.31. The molecule has 2 atom stereocenters. The Labute approximate surface area is 120 Å². The fraction of sp³-hybridized carbons (Fsp3) is 0.500. The Balaban J connectivity index is 1.63. The molecule has 3 rings (SSSR count). The van der Waals surface area contributed by atoms with Crippen molar-refractivity contribution in [3.8, 4) is 0 Å². The molecule has 2 nitrogen and oxygen atoms in total. The highest BCUT2D eigenvalue weighted by molar-refractivity contribution is 9.10. The lowest BCUT2D eigenvalue weighted by molar-refractivity contribution is -0.132. The summed E-state index contributed by atoms with van der Waals surface area (Å²) in [6.07, 6.45) is 1.03. The molecule has 2 fully saturated rings. The average Bonchev–Trinajstić information content (AvgIpc) is 3.20. The molecule has 1 aliphatic carbocycles. The second-order valence-corrected chi connectivity index (χ2v) is 7.08. The highest BCUT2D eigenvalue weighted by Crippen LogP contribution is 2.48. The number of benzene rings is 1. The number of rotatable bonds is 2. The van der Waals surface area contributed by atoms with Crippen molar-refractivity contribution in [2.24, 2.45) is 5.92 Å². The van der Waals surface area contributed by atoms with Gasteiger partial charge in [0.2, 0.25) is 5.91 Å². The molecule has 0 spiro atoms. The molecule has 1 aromatic rings. The van der Waals surface area contributed by atoms with Crippen molar-refractivity contribution in [3.05, 3.63) is 34.3 Å². The van der Waals surface area contributed by atoms with Gasteiger partial charge in [-0.1, -0.05) is 28.1 Å². The number of carbonyl (C=O) groups excluding carboxylic acids is 1. The van der Waals surface area contributed by atoms with Crippen LogP contribution in [0.3, 0.4) is 0 Å². The maximum atomic E-state index is 12.3. The third kappa shape index (κ3) is 2.59. The van der Waals surface area contributed by atoms with E-state index in [-0.39, 0.29) is 5.92 Å². The third-order valence-electron chi connectivity index (χ3n) is 3.73. The van der Waals surface area contributed by atoms with Crippen molar-refractivity contribution < 1.29 is 4.79 Å². The molecule has 0 N–H and O–H groups in total. The summed E-state index contributed by atoms with van der Waals surface area (Å²) in [4.78, 5) is 14.4. The van der Waals surface area contributed by atoms with E-state index in [1.807, 2.05) is 11.8 Å². The van der Waals surface area contributed by atoms with Crippen molar-refractivity contribution in [2.45, 2.75) is 12.3 Å². The van der Waals surface area contributed by atoms with Crippen LogP contribution >= 0.6 is 27.7 Å². The molecule has 4 heteroatoms. The quantitative estimate of drug-likeness (QED) is 0.832. The monoisotopic (exact) mass is 325 g/mol. The first-order valence-electron chi connectivity index (χ1n) is 6.38. The SMILES string of the molecule is O=C([C@@H]1C[C@H]1c1ccc(Br)cc1)N1CCSCC1. The van der Waals surface area contributed by atoms with Crippen molar-refractivity contribution in [1.82, 2.24) is 4.90 Å². The second kappa shape index (κ2) is 5.25. The Morgan fingerprint density at radius 1 is 1.22 bits per heavy atom. The highest BCUT2D eigenvalue weighted by atomic mass is 79.9. The molecule has 1 heterocycles. The first kappa shape index (κ1) is 12.5. The van der Waals surface area contributed by atoms with E-state index in [0.29, 0.717) is 11.8 Å². The standard InChI is InChI=1S/C14H16BrNOS/c15-11-3-1-10(2-4-11)12-9-13(12)14(17)16-5-7-18-8-6-16/h1-4,12-13H,5-9H2/t12-,13+/m0/s1. The fourth-order valence-electron chi connectivity index (χ4n) is 2.56. The van der Waals surface area contributed by atoms with Gasteiger partial charge in [-0.3, -0.25) is 4.79 Å². The van der Waals surface area contributed by atoms with E-state index < -0.39 is 0 Å². The minimum absolute atomic E-state index is 0.245. The maximum Gasteiger partial charge on any atom is 0.226 e. The lowest BCUT2D eigenvalue weighted by atomic mass is 10.1. The third-order valence-corrected chi connectivity index (χ3v) is 5.20. The van der Waals surface area contributed by atoms with Crippen molar-refractivity contribution in [1.29, 1.82) is 0 Å². The van der Waals surface area contributed by atoms with Crippen LogP contribution in [-0.2, 0) is 4.79 Å². The van der Waals surface area contributed by atoms with Gasteiger partial charge >= 0.3 is 0 Å². The Morgan fingerprint density at radius 2 is 1.89 bits per heavy atom. The molecule has 1 amide bonds. The van der Waals surface area contributed by atoms with Crippen LogP contribution in [0.2, 0.25) is 0 Å². The van der Waals surface area contributed by atoms with Crippen LogP contribution < -0.4 is 0 Å². The molecule has 1 saturated carbocycles. The Kier molecular flexibility index (Phi) is 3.66. The molecule has 1 aromatic carbocycles. The molecule has 0 aromatic heterocycles. The Hall–Kier alpha value is -0.480. The summed E-state index contributed by atoms with van der Waals surface area (Å²) in [7, 11) is 0. The van der Waals surface area contributed by atoms with E-state index in [1.165, 1.54) is 5.56 Å². The van der Waals surface area contributed by atoms with E-state index in [1.54, 1.807) is 0 Å². The molecule has 18 heavy (non-hydrogen) atoms. The summed E-state index contributed by atoms with van der Waals surface area (Å²) in [6, 6.07) is 8.39. The van der Waals surface area contributed by atoms with Gasteiger partial charge in [0.25, 0.3) is 0 Å². The van der Waals surface area contributed by atoms with Gasteiger partial charge < -0.3 is 4.90 Å². The van der Waals surface area contributed by atoms with E-state index in [9.17, 15) is 4.79 Å². The largest absolute Gasteiger partial charge is 0.341 e. The van der Waals surface area contributed by atoms with E-state index >= 15 is 0 Å². The van der Waals surface area contributed by atoms with Crippen LogP contribution in [0.4, 0.5) is 0 Å². The first-order chi connectivity index (χ1) is 8.75. The zero-order chi connectivity index (χ0) is 12.5. The average molecular weight is 326 g/mol. The van der Waals surface area contributed by atoms with Gasteiger partial charge in [0.1, 0.15) is 0 Å². The van der Waals surface area contributed by atoms with Gasteiger partial charge in [0, 0.05) is 35.0 Å². The number of hydrogen-bond donors (Lipinski definition) is 0. The number of hydrogen-bond acceptors (Lipinski definition) is 2. The van der Waals surface area contributed by atoms with Crippen LogP contribution in [0.25, 0.3) is 0 Å². The molecular formula is C14H16BrNOS. The number of thioether (sulfide) groups is 1. The molecule has 1 saturated heterocycles. The number of carbonyl (C=O) groups is 1. The van der Waals surface area contributed by atoms with Crippen molar-refractivity contribution in [2.75, 3.05) is 24.6 Å². The summed E-state index contributed by atoms with van der Waals surface area (Å²) in [5, 5.41) is 0. The molecule has 1 aliphatic heterocycles. The minimum Gasteiger partial charge on any atom is -0.341 e. The van der Waals surface area contributed by atoms with Crippen molar-refractivity contribution >= 4 is 33.6 Å². The molecule has 0 unspecified atom stereocenters. The summed E-state index contributed by atoms with van der Waals surface area (Å²) < 4.78 is 1.10. The zero-order valence-electron chi connectivity index (χ0n) is 10.1. The topological polar surface area (TPSA) is 20.3 Å². The molecular weight excluding hydrogens is 310 g/mol. The van der Waals surface area contributed by atoms with Gasteiger partial charge in [-0.05, 0) is 30.0 Å². The van der Waals surface area contributed by atoms with Crippen LogP contribution in [0.15, 0.2) is 28.7 Å². The second-order valence-electron chi connectivity index (χ2n) is 4.94. The molecule has 96 valence electrons. The minimum atomic E-state index is 0.245. The Bertz CT molecular complexity index is 442. The Morgan fingerprint density at radius 3 is 2.56 bits per heavy atom. The van der Waals surface area contributed by atoms with Gasteiger partial charge in [-0.25, -0.2) is 0 Å². The number of amides is 1. The fourth-order valence-corrected chi connectivity index (χ4v) is 3.73. The summed E-state index contributed by atoms with van der Waals surface area (Å²) in [5.74, 6) is 3.28. The van der Waals surface area contributed by atoms with Crippen LogP contribution in [0.5, 0.6) is 0 Å². The number of nitrogens with zero attached hydrogens (tertiary/aromatic N) is 1. The van der Waals surface area contributed by atoms with Gasteiger partial charge in [-0.15, -0.1) is 0 Å². The number of halogens is 1. The van der Waals surface area contributed by atoms with Crippen LogP contribution in [0.1, 0.15) is 17.9 Å². The van der Waals surface area contributed by atoms with E-state index in [4.69, 9.17) is 0 Å². The van der Waals surface area contributed by atoms with Gasteiger partial charge in [-0.2, -0.15) is 11.8 Å². The van der Waals surface area contributed by atoms with Crippen LogP contribution in [0, 0.1) is 5.92 Å². The smallest absolute Gasteiger partial charge is 0.226 e. The first-order valence-corrected chi connectivity index (χ1v) is 8.32.